The number of nitrogens with two attached hydrogens (primary N) is 1. The van der Waals surface area contributed by atoms with Gasteiger partial charge in [-0.05, 0) is 78.1 Å². The third-order valence-corrected chi connectivity index (χ3v) is 6.57. The van der Waals surface area contributed by atoms with Gasteiger partial charge in [0.2, 0.25) is 0 Å². The topological polar surface area (TPSA) is 46.2 Å². The van der Waals surface area contributed by atoms with Gasteiger partial charge in [0, 0.05) is 5.54 Å². The summed E-state index contributed by atoms with van der Waals surface area (Å²) < 4.78 is 0. The SMILES string of the molecule is CCCCc1ccc2c(-c3ccc(C(N)(CC)CC)cc3)c(C(C)(C)O)ccc2c1. The van der Waals surface area contributed by atoms with Crippen molar-refractivity contribution in [3.63, 3.8) is 0 Å². The zero-order chi connectivity index (χ0) is 21.9. The van der Waals surface area contributed by atoms with E-state index in [9.17, 15) is 5.11 Å². The minimum absolute atomic E-state index is 0.287. The molecular formula is C28H37NO. The predicted octanol–water partition coefficient (Wildman–Crippen LogP) is 7.05. The highest BCUT2D eigenvalue weighted by Crippen LogP contribution is 2.39. The summed E-state index contributed by atoms with van der Waals surface area (Å²) in [4.78, 5) is 0. The molecule has 3 aromatic carbocycles. The van der Waals surface area contributed by atoms with Crippen LogP contribution < -0.4 is 5.73 Å². The number of benzene rings is 3. The Morgan fingerprint density at radius 1 is 0.867 bits per heavy atom. The van der Waals surface area contributed by atoms with Crippen LogP contribution in [0.2, 0.25) is 0 Å². The van der Waals surface area contributed by atoms with Crippen LogP contribution in [0.5, 0.6) is 0 Å². The van der Waals surface area contributed by atoms with Crippen LogP contribution in [0.25, 0.3) is 21.9 Å². The van der Waals surface area contributed by atoms with Crippen molar-refractivity contribution in [2.24, 2.45) is 5.73 Å². The molecule has 0 fully saturated rings. The summed E-state index contributed by atoms with van der Waals surface area (Å²) in [6.07, 6.45) is 5.33. The lowest BCUT2D eigenvalue weighted by atomic mass is 9.82. The molecule has 2 nitrogen and oxygen atoms in total. The van der Waals surface area contributed by atoms with Crippen molar-refractivity contribution in [2.75, 3.05) is 0 Å². The van der Waals surface area contributed by atoms with Gasteiger partial charge < -0.3 is 10.8 Å². The van der Waals surface area contributed by atoms with E-state index < -0.39 is 5.60 Å². The van der Waals surface area contributed by atoms with Gasteiger partial charge in [0.15, 0.2) is 0 Å². The molecule has 0 bridgehead atoms. The van der Waals surface area contributed by atoms with E-state index >= 15 is 0 Å². The van der Waals surface area contributed by atoms with Crippen LogP contribution in [0.3, 0.4) is 0 Å². The summed E-state index contributed by atoms with van der Waals surface area (Å²) in [5.41, 5.74) is 11.1. The molecule has 0 aromatic heterocycles. The average molecular weight is 404 g/mol. The largest absolute Gasteiger partial charge is 0.386 e. The van der Waals surface area contributed by atoms with Gasteiger partial charge in [-0.2, -0.15) is 0 Å². The number of fused-ring (bicyclic) bond motifs is 1. The molecular weight excluding hydrogens is 366 g/mol. The lowest BCUT2D eigenvalue weighted by Crippen LogP contribution is -2.34. The normalized spacial score (nSPS) is 12.5. The molecule has 0 saturated heterocycles. The molecule has 160 valence electrons. The van der Waals surface area contributed by atoms with Crippen molar-refractivity contribution >= 4 is 10.8 Å². The first-order valence-electron chi connectivity index (χ1n) is 11.4. The molecule has 3 aromatic rings. The Morgan fingerprint density at radius 2 is 1.53 bits per heavy atom. The zero-order valence-corrected chi connectivity index (χ0v) is 19.3. The van der Waals surface area contributed by atoms with Crippen molar-refractivity contribution in [1.82, 2.24) is 0 Å². The van der Waals surface area contributed by atoms with Crippen molar-refractivity contribution in [1.29, 1.82) is 0 Å². The molecule has 30 heavy (non-hydrogen) atoms. The molecule has 2 heteroatoms. The lowest BCUT2D eigenvalue weighted by molar-refractivity contribution is 0.0793. The zero-order valence-electron chi connectivity index (χ0n) is 19.3. The minimum atomic E-state index is -0.923. The quantitative estimate of drug-likeness (QED) is 0.423. The summed E-state index contributed by atoms with van der Waals surface area (Å²) in [6, 6.07) is 19.6. The number of aryl methyl sites for hydroxylation is 1. The molecule has 0 amide bonds. The van der Waals surface area contributed by atoms with E-state index in [1.54, 1.807) is 0 Å². The van der Waals surface area contributed by atoms with Gasteiger partial charge in [0.1, 0.15) is 0 Å². The minimum Gasteiger partial charge on any atom is -0.386 e. The highest BCUT2D eigenvalue weighted by Gasteiger charge is 2.25. The average Bonchev–Trinajstić information content (AvgIpc) is 2.75. The number of hydrogen-bond donors (Lipinski definition) is 2. The van der Waals surface area contributed by atoms with Crippen LogP contribution in [0.15, 0.2) is 54.6 Å². The maximum atomic E-state index is 10.9. The van der Waals surface area contributed by atoms with E-state index in [4.69, 9.17) is 5.73 Å². The van der Waals surface area contributed by atoms with Crippen molar-refractivity contribution in [3.8, 4) is 11.1 Å². The van der Waals surface area contributed by atoms with Gasteiger partial charge in [-0.25, -0.2) is 0 Å². The summed E-state index contributed by atoms with van der Waals surface area (Å²) in [5, 5.41) is 13.3. The monoisotopic (exact) mass is 403 g/mol. The third kappa shape index (κ3) is 4.45. The predicted molar refractivity (Wildman–Crippen MR) is 130 cm³/mol. The van der Waals surface area contributed by atoms with Crippen LogP contribution in [0.1, 0.15) is 77.0 Å². The first kappa shape index (κ1) is 22.5. The van der Waals surface area contributed by atoms with Gasteiger partial charge in [-0.3, -0.25) is 0 Å². The molecule has 3 rings (SSSR count). The standard InChI is InChI=1S/C28H37NO/c1-6-9-10-20-11-17-24-22(19-20)14-18-25(27(4,5)30)26(24)21-12-15-23(16-13-21)28(29,7-2)8-3/h11-19,30H,6-10,29H2,1-5H3. The third-order valence-electron chi connectivity index (χ3n) is 6.57. The van der Waals surface area contributed by atoms with Gasteiger partial charge in [-0.15, -0.1) is 0 Å². The smallest absolute Gasteiger partial charge is 0.0846 e. The van der Waals surface area contributed by atoms with Gasteiger partial charge in [0.05, 0.1) is 5.60 Å². The molecule has 0 heterocycles. The Morgan fingerprint density at radius 3 is 2.10 bits per heavy atom. The van der Waals surface area contributed by atoms with Crippen LogP contribution >= 0.6 is 0 Å². The van der Waals surface area contributed by atoms with Crippen LogP contribution in [0, 0.1) is 0 Å². The fourth-order valence-corrected chi connectivity index (χ4v) is 4.36. The maximum Gasteiger partial charge on any atom is 0.0846 e. The number of unbranched alkanes of at least 4 members (excludes halogenated alkanes) is 1. The van der Waals surface area contributed by atoms with Crippen LogP contribution in [0.4, 0.5) is 0 Å². The molecule has 0 aliphatic heterocycles. The molecule has 0 atom stereocenters. The van der Waals surface area contributed by atoms with Crippen molar-refractivity contribution in [3.05, 3.63) is 71.3 Å². The second kappa shape index (κ2) is 8.91. The second-order valence-electron chi connectivity index (χ2n) is 9.15. The first-order chi connectivity index (χ1) is 14.2. The number of aliphatic hydroxyl groups is 1. The fourth-order valence-electron chi connectivity index (χ4n) is 4.36. The Hall–Kier alpha value is -2.16. The van der Waals surface area contributed by atoms with Gasteiger partial charge in [-0.1, -0.05) is 81.8 Å². The van der Waals surface area contributed by atoms with E-state index in [2.05, 4.69) is 75.4 Å². The van der Waals surface area contributed by atoms with E-state index in [0.29, 0.717) is 0 Å². The molecule has 0 aliphatic rings. The van der Waals surface area contributed by atoms with E-state index in [-0.39, 0.29) is 5.54 Å². The Labute approximate surface area is 182 Å². The van der Waals surface area contributed by atoms with Crippen LogP contribution in [-0.4, -0.2) is 5.11 Å². The Kier molecular flexibility index (Phi) is 6.69. The number of hydrogen-bond acceptors (Lipinski definition) is 2. The molecule has 0 saturated carbocycles. The van der Waals surface area contributed by atoms with E-state index in [1.807, 2.05) is 13.8 Å². The van der Waals surface area contributed by atoms with Gasteiger partial charge in [0.25, 0.3) is 0 Å². The second-order valence-corrected chi connectivity index (χ2v) is 9.15. The molecule has 0 unspecified atom stereocenters. The summed E-state index contributed by atoms with van der Waals surface area (Å²) in [5.74, 6) is 0. The lowest BCUT2D eigenvalue weighted by Gasteiger charge is -2.28. The molecule has 0 radical (unpaired) electrons. The summed E-state index contributed by atoms with van der Waals surface area (Å²) in [6.45, 7) is 10.2. The highest BCUT2D eigenvalue weighted by atomic mass is 16.3. The van der Waals surface area contributed by atoms with Crippen molar-refractivity contribution < 1.29 is 5.11 Å². The molecule has 3 N–H and O–H groups in total. The summed E-state index contributed by atoms with van der Waals surface area (Å²) in [7, 11) is 0. The summed E-state index contributed by atoms with van der Waals surface area (Å²) >= 11 is 0. The fraction of sp³-hybridized carbons (Fsp3) is 0.429. The van der Waals surface area contributed by atoms with E-state index in [0.717, 1.165) is 36.0 Å². The van der Waals surface area contributed by atoms with Crippen molar-refractivity contribution in [2.45, 2.75) is 77.9 Å². The molecule has 0 aliphatic carbocycles. The Bertz CT molecular complexity index is 992. The van der Waals surface area contributed by atoms with E-state index in [1.165, 1.54) is 34.7 Å². The first-order valence-corrected chi connectivity index (χ1v) is 11.4. The Balaban J connectivity index is 2.17. The highest BCUT2D eigenvalue weighted by molar-refractivity contribution is 5.99. The van der Waals surface area contributed by atoms with Crippen LogP contribution in [-0.2, 0) is 17.6 Å². The molecule has 0 spiro atoms. The van der Waals surface area contributed by atoms with Gasteiger partial charge >= 0.3 is 0 Å². The maximum absolute atomic E-state index is 10.9. The number of rotatable bonds is 8.